The summed E-state index contributed by atoms with van der Waals surface area (Å²) in [5.41, 5.74) is 2.29. The third-order valence-electron chi connectivity index (χ3n) is 7.65. The van der Waals surface area contributed by atoms with E-state index in [4.69, 9.17) is 11.6 Å². The van der Waals surface area contributed by atoms with Gasteiger partial charge in [0.05, 0.1) is 21.8 Å². The van der Waals surface area contributed by atoms with Crippen molar-refractivity contribution in [3.63, 3.8) is 0 Å². The third-order valence-corrected chi connectivity index (χ3v) is 7.98. The maximum atomic E-state index is 13.1. The number of aromatic carboxylic acids is 1. The summed E-state index contributed by atoms with van der Waals surface area (Å²) in [4.78, 5) is 29.1. The fourth-order valence-corrected chi connectivity index (χ4v) is 6.97. The van der Waals surface area contributed by atoms with Crippen molar-refractivity contribution in [2.45, 2.75) is 45.4 Å². The van der Waals surface area contributed by atoms with E-state index in [1.807, 2.05) is 0 Å². The summed E-state index contributed by atoms with van der Waals surface area (Å²) in [6.07, 6.45) is 9.37. The third kappa shape index (κ3) is 3.73. The molecule has 0 spiro atoms. The molecule has 0 aliphatic heterocycles. The molecule has 162 valence electrons. The monoisotopic (exact) mass is 438 g/mol. The molecule has 1 aromatic heterocycles. The van der Waals surface area contributed by atoms with E-state index in [0.717, 1.165) is 17.8 Å². The van der Waals surface area contributed by atoms with Gasteiger partial charge in [0.15, 0.2) is 0 Å². The number of hydrogen-bond donors (Lipinski definition) is 2. The number of carbonyl (C=O) groups excluding carboxylic acids is 1. The summed E-state index contributed by atoms with van der Waals surface area (Å²) >= 11 is 6.37. The normalized spacial score (nSPS) is 28.5. The predicted molar refractivity (Wildman–Crippen MR) is 119 cm³/mol. The van der Waals surface area contributed by atoms with Crippen molar-refractivity contribution in [1.82, 2.24) is 10.3 Å². The fraction of sp³-hybridized carbons (Fsp3) is 0.480. The summed E-state index contributed by atoms with van der Waals surface area (Å²) in [6.45, 7) is 2.43. The van der Waals surface area contributed by atoms with Gasteiger partial charge in [-0.1, -0.05) is 17.7 Å². The number of aromatic nitrogens is 1. The van der Waals surface area contributed by atoms with Gasteiger partial charge in [0.25, 0.3) is 5.91 Å². The summed E-state index contributed by atoms with van der Waals surface area (Å²) in [5, 5.41) is 13.2. The van der Waals surface area contributed by atoms with Gasteiger partial charge in [-0.3, -0.25) is 9.78 Å². The lowest BCUT2D eigenvalue weighted by Gasteiger charge is -2.56. The van der Waals surface area contributed by atoms with Gasteiger partial charge < -0.3 is 10.4 Å². The highest BCUT2D eigenvalue weighted by molar-refractivity contribution is 6.34. The average Bonchev–Trinajstić information content (AvgIpc) is 2.71. The van der Waals surface area contributed by atoms with Crippen molar-refractivity contribution in [2.24, 2.45) is 23.2 Å². The van der Waals surface area contributed by atoms with Crippen LogP contribution in [0.3, 0.4) is 0 Å². The molecule has 6 heteroatoms. The number of carboxylic acids is 1. The molecule has 6 rings (SSSR count). The van der Waals surface area contributed by atoms with Crippen LogP contribution in [0.25, 0.3) is 11.3 Å². The molecule has 31 heavy (non-hydrogen) atoms. The van der Waals surface area contributed by atoms with Crippen LogP contribution < -0.4 is 5.32 Å². The van der Waals surface area contributed by atoms with Crippen LogP contribution in [-0.2, 0) is 0 Å². The van der Waals surface area contributed by atoms with Crippen molar-refractivity contribution >= 4 is 23.5 Å². The molecule has 0 atom stereocenters. The number of halogens is 1. The summed E-state index contributed by atoms with van der Waals surface area (Å²) in [6, 6.07) is 6.69. The molecule has 2 aromatic rings. The summed E-state index contributed by atoms with van der Waals surface area (Å²) < 4.78 is 0. The highest BCUT2D eigenvalue weighted by atomic mass is 35.5. The minimum absolute atomic E-state index is 0.143. The number of amides is 1. The first-order chi connectivity index (χ1) is 14.8. The first-order valence-electron chi connectivity index (χ1n) is 11.1. The van der Waals surface area contributed by atoms with E-state index in [-0.39, 0.29) is 16.9 Å². The molecule has 4 aliphatic carbocycles. The minimum Gasteiger partial charge on any atom is -0.478 e. The molecule has 1 aromatic carbocycles. The SMILES string of the molecule is Cc1ccnc(-c2ccc(Cl)c(C(=O)NCC34CC5CC(CC(C5)C3)C4)c2)c1C(=O)O. The molecule has 4 bridgehead atoms. The second kappa shape index (κ2) is 7.63. The van der Waals surface area contributed by atoms with Crippen LogP contribution in [0.15, 0.2) is 30.5 Å². The zero-order valence-electron chi connectivity index (χ0n) is 17.7. The van der Waals surface area contributed by atoms with Crippen molar-refractivity contribution in [2.75, 3.05) is 6.54 Å². The van der Waals surface area contributed by atoms with Crippen LogP contribution in [0.1, 0.15) is 64.8 Å². The Labute approximate surface area is 187 Å². The first-order valence-corrected chi connectivity index (χ1v) is 11.5. The molecule has 4 fully saturated rings. The molecular formula is C25H27ClN2O3. The number of rotatable bonds is 5. The van der Waals surface area contributed by atoms with Gasteiger partial charge in [-0.25, -0.2) is 4.79 Å². The number of benzene rings is 1. The lowest BCUT2D eigenvalue weighted by Crippen LogP contribution is -2.51. The van der Waals surface area contributed by atoms with E-state index in [0.29, 0.717) is 34.0 Å². The fourth-order valence-electron chi connectivity index (χ4n) is 6.76. The Morgan fingerprint density at radius 1 is 1.13 bits per heavy atom. The molecule has 5 nitrogen and oxygen atoms in total. The summed E-state index contributed by atoms with van der Waals surface area (Å²) in [7, 11) is 0. The van der Waals surface area contributed by atoms with Gasteiger partial charge in [-0.2, -0.15) is 0 Å². The van der Waals surface area contributed by atoms with Gasteiger partial charge in [-0.05, 0) is 92.4 Å². The second-order valence-corrected chi connectivity index (χ2v) is 10.4. The Kier molecular flexibility index (Phi) is 5.04. The van der Waals surface area contributed by atoms with Gasteiger partial charge >= 0.3 is 5.97 Å². The van der Waals surface area contributed by atoms with E-state index in [1.54, 1.807) is 37.4 Å². The highest BCUT2D eigenvalue weighted by Crippen LogP contribution is 2.59. The topological polar surface area (TPSA) is 79.3 Å². The quantitative estimate of drug-likeness (QED) is 0.659. The molecule has 4 aliphatic rings. The van der Waals surface area contributed by atoms with Crippen molar-refractivity contribution in [1.29, 1.82) is 0 Å². The number of pyridine rings is 1. The van der Waals surface area contributed by atoms with Crippen LogP contribution in [0, 0.1) is 30.1 Å². The maximum Gasteiger partial charge on any atom is 0.338 e. The van der Waals surface area contributed by atoms with E-state index in [2.05, 4.69) is 10.3 Å². The Morgan fingerprint density at radius 3 is 2.39 bits per heavy atom. The van der Waals surface area contributed by atoms with Gasteiger partial charge in [-0.15, -0.1) is 0 Å². The smallest absolute Gasteiger partial charge is 0.338 e. The number of nitrogens with zero attached hydrogens (tertiary/aromatic N) is 1. The lowest BCUT2D eigenvalue weighted by atomic mass is 9.49. The zero-order valence-corrected chi connectivity index (χ0v) is 18.4. The number of nitrogens with one attached hydrogen (secondary N) is 1. The summed E-state index contributed by atoms with van der Waals surface area (Å²) in [5.74, 6) is 1.25. The minimum atomic E-state index is -1.04. The molecule has 1 heterocycles. The van der Waals surface area contributed by atoms with Crippen molar-refractivity contribution in [3.8, 4) is 11.3 Å². The molecule has 1 amide bonds. The molecule has 0 unspecified atom stereocenters. The number of hydrogen-bond acceptors (Lipinski definition) is 3. The van der Waals surface area contributed by atoms with Crippen molar-refractivity contribution < 1.29 is 14.7 Å². The number of aryl methyl sites for hydroxylation is 1. The number of carboxylic acid groups (broad SMARTS) is 1. The molecule has 2 N–H and O–H groups in total. The molecule has 0 radical (unpaired) electrons. The van der Waals surface area contributed by atoms with Crippen LogP contribution in [0.5, 0.6) is 0 Å². The van der Waals surface area contributed by atoms with E-state index in [9.17, 15) is 14.7 Å². The van der Waals surface area contributed by atoms with Crippen LogP contribution in [0.4, 0.5) is 0 Å². The molecular weight excluding hydrogens is 412 g/mol. The Hall–Kier alpha value is -2.40. The number of carbonyl (C=O) groups is 2. The second-order valence-electron chi connectivity index (χ2n) is 9.95. The van der Waals surface area contributed by atoms with Crippen LogP contribution in [0.2, 0.25) is 5.02 Å². The average molecular weight is 439 g/mol. The van der Waals surface area contributed by atoms with Crippen LogP contribution >= 0.6 is 11.6 Å². The van der Waals surface area contributed by atoms with E-state index >= 15 is 0 Å². The zero-order chi connectivity index (χ0) is 21.8. The standard InChI is InChI=1S/C25H27ClN2O3/c1-14-4-5-27-22(21(14)24(30)31)18-2-3-20(26)19(9-18)23(29)28-13-25-10-15-6-16(11-25)8-17(7-15)12-25/h2-5,9,15-17H,6-8,10-13H2,1H3,(H,28,29)(H,30,31). The van der Waals surface area contributed by atoms with Crippen molar-refractivity contribution in [3.05, 3.63) is 52.2 Å². The lowest BCUT2D eigenvalue weighted by molar-refractivity contribution is -0.0503. The Morgan fingerprint density at radius 2 is 1.77 bits per heavy atom. The van der Waals surface area contributed by atoms with Crippen LogP contribution in [-0.4, -0.2) is 28.5 Å². The van der Waals surface area contributed by atoms with Gasteiger partial charge in [0.2, 0.25) is 0 Å². The maximum absolute atomic E-state index is 13.1. The highest BCUT2D eigenvalue weighted by Gasteiger charge is 2.50. The van der Waals surface area contributed by atoms with Gasteiger partial charge in [0.1, 0.15) is 0 Å². The Bertz CT molecular complexity index is 1030. The Balaban J connectivity index is 1.38. The van der Waals surface area contributed by atoms with E-state index in [1.165, 1.54) is 38.5 Å². The largest absolute Gasteiger partial charge is 0.478 e. The molecule has 0 saturated heterocycles. The van der Waals surface area contributed by atoms with Gasteiger partial charge in [0, 0.05) is 18.3 Å². The first kappa shape index (κ1) is 20.5. The predicted octanol–water partition coefficient (Wildman–Crippen LogP) is 5.35. The molecule has 4 saturated carbocycles. The van der Waals surface area contributed by atoms with E-state index < -0.39 is 5.97 Å².